The van der Waals surface area contributed by atoms with Gasteiger partial charge in [0.2, 0.25) is 5.91 Å². The predicted octanol–water partition coefficient (Wildman–Crippen LogP) is 2.11. The van der Waals surface area contributed by atoms with Crippen molar-refractivity contribution < 1.29 is 13.2 Å². The number of nitrogens with one attached hydrogen (secondary N) is 1. The number of amides is 1. The van der Waals surface area contributed by atoms with E-state index in [9.17, 15) is 13.2 Å². The molecule has 2 fully saturated rings. The van der Waals surface area contributed by atoms with Crippen molar-refractivity contribution in [2.24, 2.45) is 5.41 Å². The second-order valence-electron chi connectivity index (χ2n) is 9.75. The zero-order valence-corrected chi connectivity index (χ0v) is 18.3. The first-order chi connectivity index (χ1) is 12.2. The van der Waals surface area contributed by atoms with E-state index in [0.29, 0.717) is 13.0 Å². The van der Waals surface area contributed by atoms with Gasteiger partial charge in [0.25, 0.3) is 0 Å². The van der Waals surface area contributed by atoms with Crippen molar-refractivity contribution in [1.29, 1.82) is 0 Å². The summed E-state index contributed by atoms with van der Waals surface area (Å²) < 4.78 is 25.7. The molecule has 0 aromatic carbocycles. The summed E-state index contributed by atoms with van der Waals surface area (Å²) in [5.41, 5.74) is 2.10. The molecule has 0 radical (unpaired) electrons. The fourth-order valence-corrected chi connectivity index (χ4v) is 5.95. The molecule has 2 aliphatic rings. The molecule has 1 amide bonds. The molecule has 7 nitrogen and oxygen atoms in total. The van der Waals surface area contributed by atoms with Crippen LogP contribution in [0.25, 0.3) is 0 Å². The average molecular weight is 397 g/mol. The molecule has 2 unspecified atom stereocenters. The summed E-state index contributed by atoms with van der Waals surface area (Å²) >= 11 is 0. The third kappa shape index (κ3) is 3.78. The van der Waals surface area contributed by atoms with E-state index >= 15 is 0 Å². The number of hydrogen-bond acceptors (Lipinski definition) is 5. The summed E-state index contributed by atoms with van der Waals surface area (Å²) in [5, 5.41) is 8.16. The number of carbonyl (C=O) groups excluding carboxylic acids is 1. The van der Waals surface area contributed by atoms with Crippen LogP contribution in [0.15, 0.2) is 0 Å². The molecule has 2 aliphatic heterocycles. The number of sulfone groups is 1. The molecule has 0 bridgehead atoms. The van der Waals surface area contributed by atoms with Crippen molar-refractivity contribution in [1.82, 2.24) is 20.0 Å². The Hall–Kier alpha value is -1.41. The smallest absolute Gasteiger partial charge is 0.243 e. The van der Waals surface area contributed by atoms with Gasteiger partial charge in [-0.05, 0) is 39.5 Å². The van der Waals surface area contributed by atoms with Gasteiger partial charge in [-0.25, -0.2) is 8.42 Å². The number of hydrogen-bond donors (Lipinski definition) is 1. The third-order valence-electron chi connectivity index (χ3n) is 5.46. The van der Waals surface area contributed by atoms with E-state index < -0.39 is 15.4 Å². The molecule has 1 aromatic heterocycles. The summed E-state index contributed by atoms with van der Waals surface area (Å²) in [6, 6.07) is -0.122. The SMILES string of the molecule is Cc1nn(C2CCS(=O)(=O)C2)c(C)c1C1NC(C)(C)C(=O)N1CC(C)(C)C. The minimum Gasteiger partial charge on any atom is -0.321 e. The summed E-state index contributed by atoms with van der Waals surface area (Å²) in [6.45, 7) is 14.7. The molecule has 2 saturated heterocycles. The number of rotatable bonds is 3. The first kappa shape index (κ1) is 20.3. The maximum atomic E-state index is 13.0. The standard InChI is InChI=1S/C19H32N4O3S/c1-12-15(13(2)23(21-12)14-8-9-27(25,26)10-14)16-20-19(6,7)17(24)22(16)11-18(3,4)5/h14,16,20H,8-11H2,1-7H3. The highest BCUT2D eigenvalue weighted by atomic mass is 32.2. The molecule has 1 N–H and O–H groups in total. The van der Waals surface area contributed by atoms with Crippen LogP contribution in [0.4, 0.5) is 0 Å². The first-order valence-electron chi connectivity index (χ1n) is 9.57. The lowest BCUT2D eigenvalue weighted by Gasteiger charge is -2.31. The second kappa shape index (κ2) is 6.30. The van der Waals surface area contributed by atoms with Gasteiger partial charge in [0.05, 0.1) is 28.8 Å². The number of carbonyl (C=O) groups is 1. The molecule has 152 valence electrons. The normalized spacial score (nSPS) is 27.5. The van der Waals surface area contributed by atoms with Crippen LogP contribution in [0.2, 0.25) is 0 Å². The zero-order chi connectivity index (χ0) is 20.4. The predicted molar refractivity (Wildman–Crippen MR) is 105 cm³/mol. The lowest BCUT2D eigenvalue weighted by molar-refractivity contribution is -0.133. The van der Waals surface area contributed by atoms with Crippen molar-refractivity contribution in [2.45, 2.75) is 72.6 Å². The molecule has 0 saturated carbocycles. The van der Waals surface area contributed by atoms with Crippen molar-refractivity contribution in [3.05, 3.63) is 17.0 Å². The summed E-state index contributed by atoms with van der Waals surface area (Å²) in [5.74, 6) is 0.439. The minimum absolute atomic E-state index is 0.0344. The molecular weight excluding hydrogens is 364 g/mol. The molecule has 2 atom stereocenters. The molecule has 3 rings (SSSR count). The largest absolute Gasteiger partial charge is 0.321 e. The summed E-state index contributed by atoms with van der Waals surface area (Å²) in [4.78, 5) is 14.9. The Balaban J connectivity index is 2.01. The van der Waals surface area contributed by atoms with Gasteiger partial charge in [-0.2, -0.15) is 5.10 Å². The lowest BCUT2D eigenvalue weighted by atomic mass is 9.95. The van der Waals surface area contributed by atoms with E-state index in [1.165, 1.54) is 0 Å². The van der Waals surface area contributed by atoms with Gasteiger partial charge in [0, 0.05) is 17.8 Å². The Morgan fingerprint density at radius 1 is 1.26 bits per heavy atom. The Morgan fingerprint density at radius 2 is 1.89 bits per heavy atom. The van der Waals surface area contributed by atoms with Crippen LogP contribution in [-0.2, 0) is 14.6 Å². The maximum absolute atomic E-state index is 13.0. The second-order valence-corrected chi connectivity index (χ2v) is 12.0. The first-order valence-corrected chi connectivity index (χ1v) is 11.4. The minimum atomic E-state index is -2.99. The number of aromatic nitrogens is 2. The van der Waals surface area contributed by atoms with Crippen LogP contribution >= 0.6 is 0 Å². The third-order valence-corrected chi connectivity index (χ3v) is 7.21. The molecule has 0 spiro atoms. The van der Waals surface area contributed by atoms with Crippen LogP contribution < -0.4 is 5.32 Å². The molecule has 1 aromatic rings. The quantitative estimate of drug-likeness (QED) is 0.846. The van der Waals surface area contributed by atoms with E-state index in [2.05, 4.69) is 31.2 Å². The van der Waals surface area contributed by atoms with Crippen molar-refractivity contribution in [3.8, 4) is 0 Å². The average Bonchev–Trinajstić information content (AvgIpc) is 3.06. The molecule has 3 heterocycles. The summed E-state index contributed by atoms with van der Waals surface area (Å²) in [6.07, 6.45) is 0.344. The lowest BCUT2D eigenvalue weighted by Crippen LogP contribution is -2.41. The van der Waals surface area contributed by atoms with E-state index in [1.54, 1.807) is 0 Å². The Bertz CT molecular complexity index is 864. The van der Waals surface area contributed by atoms with Gasteiger partial charge in [0.15, 0.2) is 9.84 Å². The fourth-order valence-electron chi connectivity index (χ4n) is 4.26. The number of nitrogens with zero attached hydrogens (tertiary/aromatic N) is 3. The Morgan fingerprint density at radius 3 is 2.41 bits per heavy atom. The van der Waals surface area contributed by atoms with Gasteiger partial charge >= 0.3 is 0 Å². The van der Waals surface area contributed by atoms with E-state index in [1.807, 2.05) is 37.3 Å². The molecule has 8 heteroatoms. The Kier molecular flexibility index (Phi) is 4.75. The van der Waals surface area contributed by atoms with Crippen molar-refractivity contribution in [3.63, 3.8) is 0 Å². The van der Waals surface area contributed by atoms with Crippen molar-refractivity contribution >= 4 is 15.7 Å². The Labute approximate surface area is 162 Å². The fraction of sp³-hybridized carbons (Fsp3) is 0.789. The van der Waals surface area contributed by atoms with Crippen LogP contribution in [0.5, 0.6) is 0 Å². The van der Waals surface area contributed by atoms with Gasteiger partial charge in [-0.1, -0.05) is 20.8 Å². The summed E-state index contributed by atoms with van der Waals surface area (Å²) in [7, 11) is -2.99. The monoisotopic (exact) mass is 396 g/mol. The maximum Gasteiger partial charge on any atom is 0.243 e. The van der Waals surface area contributed by atoms with Crippen LogP contribution in [-0.4, -0.2) is 52.6 Å². The van der Waals surface area contributed by atoms with E-state index in [-0.39, 0.29) is 35.0 Å². The van der Waals surface area contributed by atoms with Gasteiger partial charge in [-0.15, -0.1) is 0 Å². The van der Waals surface area contributed by atoms with E-state index in [4.69, 9.17) is 0 Å². The van der Waals surface area contributed by atoms with E-state index in [0.717, 1.165) is 17.0 Å². The number of aryl methyl sites for hydroxylation is 1. The van der Waals surface area contributed by atoms with Crippen LogP contribution in [0.3, 0.4) is 0 Å². The van der Waals surface area contributed by atoms with Gasteiger partial charge in [-0.3, -0.25) is 14.8 Å². The molecule has 27 heavy (non-hydrogen) atoms. The van der Waals surface area contributed by atoms with Crippen LogP contribution in [0, 0.1) is 19.3 Å². The highest BCUT2D eigenvalue weighted by Gasteiger charge is 2.48. The van der Waals surface area contributed by atoms with Crippen molar-refractivity contribution in [2.75, 3.05) is 18.1 Å². The molecule has 0 aliphatic carbocycles. The zero-order valence-electron chi connectivity index (χ0n) is 17.5. The van der Waals surface area contributed by atoms with Gasteiger partial charge in [0.1, 0.15) is 6.17 Å². The highest BCUT2D eigenvalue weighted by molar-refractivity contribution is 7.91. The topological polar surface area (TPSA) is 84.3 Å². The van der Waals surface area contributed by atoms with Crippen LogP contribution in [0.1, 0.15) is 70.2 Å². The molecular formula is C19H32N4O3S. The highest BCUT2D eigenvalue weighted by Crippen LogP contribution is 2.37. The van der Waals surface area contributed by atoms with Gasteiger partial charge < -0.3 is 4.90 Å².